The average Bonchev–Trinajstić information content (AvgIpc) is 3.55. The van der Waals surface area contributed by atoms with Crippen LogP contribution in [0.4, 0.5) is 17.6 Å². The third-order valence-corrected chi connectivity index (χ3v) is 7.54. The molecule has 0 bridgehead atoms. The van der Waals surface area contributed by atoms with E-state index < -0.39 is 17.2 Å². The topological polar surface area (TPSA) is 77.6 Å². The molecule has 200 valence electrons. The van der Waals surface area contributed by atoms with Gasteiger partial charge < -0.3 is 5.32 Å². The van der Waals surface area contributed by atoms with Crippen molar-refractivity contribution in [3.63, 3.8) is 0 Å². The number of alkyl halides is 3. The minimum absolute atomic E-state index is 0.188. The van der Waals surface area contributed by atoms with Crippen molar-refractivity contribution in [1.29, 1.82) is 0 Å². The summed E-state index contributed by atoms with van der Waals surface area (Å²) in [6.45, 7) is 3.53. The van der Waals surface area contributed by atoms with Crippen molar-refractivity contribution in [3.05, 3.63) is 88.3 Å². The van der Waals surface area contributed by atoms with Gasteiger partial charge in [-0.25, -0.2) is 14.1 Å². The molecule has 6 rings (SSSR count). The summed E-state index contributed by atoms with van der Waals surface area (Å²) in [5.74, 6) is -0.374. The molecular weight excluding hydrogens is 512 g/mol. The first-order chi connectivity index (χ1) is 18.7. The van der Waals surface area contributed by atoms with E-state index in [1.807, 2.05) is 19.1 Å². The second-order valence-electron chi connectivity index (χ2n) is 9.77. The fourth-order valence-corrected chi connectivity index (χ4v) is 5.65. The third-order valence-electron chi connectivity index (χ3n) is 7.54. The van der Waals surface area contributed by atoms with Crippen LogP contribution in [-0.2, 0) is 24.6 Å². The van der Waals surface area contributed by atoms with Crippen LogP contribution >= 0.6 is 0 Å². The minimum Gasteiger partial charge on any atom is -0.315 e. The quantitative estimate of drug-likeness (QED) is 0.287. The van der Waals surface area contributed by atoms with Crippen molar-refractivity contribution < 1.29 is 22.4 Å². The molecular formula is C28H24F4N6O. The highest BCUT2D eigenvalue weighted by Crippen LogP contribution is 2.47. The van der Waals surface area contributed by atoms with E-state index in [0.29, 0.717) is 50.1 Å². The summed E-state index contributed by atoms with van der Waals surface area (Å²) in [5, 5.41) is 12.6. The minimum atomic E-state index is -4.63. The van der Waals surface area contributed by atoms with Crippen LogP contribution in [0.25, 0.3) is 23.2 Å². The van der Waals surface area contributed by atoms with Crippen molar-refractivity contribution in [3.8, 4) is 17.1 Å². The Morgan fingerprint density at radius 2 is 1.95 bits per heavy atom. The van der Waals surface area contributed by atoms with Gasteiger partial charge >= 0.3 is 6.18 Å². The Morgan fingerprint density at radius 1 is 1.15 bits per heavy atom. The van der Waals surface area contributed by atoms with Crippen molar-refractivity contribution in [1.82, 2.24) is 29.9 Å². The fourth-order valence-electron chi connectivity index (χ4n) is 5.65. The number of benzene rings is 1. The fraction of sp³-hybridized carbons (Fsp3) is 0.286. The lowest BCUT2D eigenvalue weighted by Gasteiger charge is -2.42. The number of fused-ring (bicyclic) bond motifs is 2. The van der Waals surface area contributed by atoms with Crippen LogP contribution < -0.4 is 5.32 Å². The van der Waals surface area contributed by atoms with E-state index in [1.165, 1.54) is 12.1 Å². The summed E-state index contributed by atoms with van der Waals surface area (Å²) in [6, 6.07) is 9.67. The van der Waals surface area contributed by atoms with Gasteiger partial charge in [0.15, 0.2) is 6.29 Å². The summed E-state index contributed by atoms with van der Waals surface area (Å²) in [4.78, 5) is 16.0. The number of nitrogens with zero attached hydrogens (tertiary/aromatic N) is 5. The third kappa shape index (κ3) is 4.17. The Morgan fingerprint density at radius 3 is 2.67 bits per heavy atom. The van der Waals surface area contributed by atoms with Gasteiger partial charge in [0.2, 0.25) is 0 Å². The zero-order valence-corrected chi connectivity index (χ0v) is 21.0. The van der Waals surface area contributed by atoms with Gasteiger partial charge in [0.25, 0.3) is 0 Å². The second-order valence-corrected chi connectivity index (χ2v) is 9.77. The molecule has 7 nitrogen and oxygen atoms in total. The number of halogens is 4. The highest BCUT2D eigenvalue weighted by Gasteiger charge is 2.46. The number of aryl methyl sites for hydroxylation is 1. The van der Waals surface area contributed by atoms with Crippen LogP contribution in [0.3, 0.4) is 0 Å². The molecule has 0 spiro atoms. The standard InChI is InChI=1S/C28H24F4N6O/c1-2-37-23(8-10-34-37)26-22-14-27(25-13-18(28(30,31)32)11-20(15-39)35-25)16-33-9-7-17(27)12-24(22)38(36-26)21-5-3-19(29)4-6-21/h3-6,8,10-13,15,33H,2,7,9,14,16H2,1H3. The molecule has 1 fully saturated rings. The Bertz CT molecular complexity index is 1600. The molecule has 1 atom stereocenters. The molecule has 4 heterocycles. The highest BCUT2D eigenvalue weighted by atomic mass is 19.4. The van der Waals surface area contributed by atoms with E-state index >= 15 is 0 Å². The van der Waals surface area contributed by atoms with Gasteiger partial charge in [0.05, 0.1) is 33.7 Å². The Kier molecular flexibility index (Phi) is 5.98. The van der Waals surface area contributed by atoms with E-state index in [2.05, 4.69) is 15.4 Å². The van der Waals surface area contributed by atoms with Gasteiger partial charge in [-0.15, -0.1) is 0 Å². The first-order valence-corrected chi connectivity index (χ1v) is 12.6. The summed E-state index contributed by atoms with van der Waals surface area (Å²) in [5.41, 5.74) is 2.62. The summed E-state index contributed by atoms with van der Waals surface area (Å²) >= 11 is 0. The van der Waals surface area contributed by atoms with Gasteiger partial charge in [0, 0.05) is 24.8 Å². The molecule has 39 heavy (non-hydrogen) atoms. The van der Waals surface area contributed by atoms with Crippen LogP contribution in [0, 0.1) is 5.82 Å². The van der Waals surface area contributed by atoms with Gasteiger partial charge in [-0.3, -0.25) is 9.48 Å². The molecule has 0 amide bonds. The number of piperidine rings is 1. The largest absolute Gasteiger partial charge is 0.416 e. The van der Waals surface area contributed by atoms with Crippen molar-refractivity contribution >= 4 is 12.4 Å². The van der Waals surface area contributed by atoms with Crippen LogP contribution in [0.2, 0.25) is 0 Å². The normalized spacial score (nSPS) is 18.8. The monoisotopic (exact) mass is 536 g/mol. The zero-order valence-electron chi connectivity index (χ0n) is 21.0. The lowest BCUT2D eigenvalue weighted by atomic mass is 9.66. The Balaban J connectivity index is 1.60. The first kappa shape index (κ1) is 25.2. The number of nitrogens with one attached hydrogen (secondary N) is 1. The SMILES string of the molecule is CCn1nccc1-c1nn(-c2ccc(F)cc2)c2c1CC1(c3cc(C(F)(F)F)cc(C=O)n3)CNCCC1=C2. The van der Waals surface area contributed by atoms with E-state index in [0.717, 1.165) is 34.7 Å². The van der Waals surface area contributed by atoms with Crippen LogP contribution in [0.15, 0.2) is 54.2 Å². The number of pyridine rings is 1. The van der Waals surface area contributed by atoms with Crippen LogP contribution in [0.1, 0.15) is 46.3 Å². The molecule has 0 saturated carbocycles. The highest BCUT2D eigenvalue weighted by molar-refractivity contribution is 5.75. The van der Waals surface area contributed by atoms with Gasteiger partial charge in [-0.2, -0.15) is 23.4 Å². The smallest absolute Gasteiger partial charge is 0.315 e. The van der Waals surface area contributed by atoms with Crippen LogP contribution in [0.5, 0.6) is 0 Å². The Hall–Kier alpha value is -4.12. The number of carbonyl (C=O) groups excluding carboxylic acids is 1. The van der Waals surface area contributed by atoms with Crippen molar-refractivity contribution in [2.24, 2.45) is 0 Å². The summed E-state index contributed by atoms with van der Waals surface area (Å²) in [7, 11) is 0. The molecule has 4 aromatic rings. The van der Waals surface area contributed by atoms with E-state index in [4.69, 9.17) is 5.10 Å². The molecule has 1 saturated heterocycles. The molecule has 3 aromatic heterocycles. The number of rotatable bonds is 5. The molecule has 1 aliphatic heterocycles. The van der Waals surface area contributed by atoms with Gasteiger partial charge in [-0.1, -0.05) is 5.57 Å². The summed E-state index contributed by atoms with van der Waals surface area (Å²) in [6.07, 6.45) is 0.235. The maximum absolute atomic E-state index is 13.8. The van der Waals surface area contributed by atoms with Crippen molar-refractivity contribution in [2.45, 2.75) is 37.9 Å². The lowest BCUT2D eigenvalue weighted by molar-refractivity contribution is -0.137. The predicted octanol–water partition coefficient (Wildman–Crippen LogP) is 4.99. The molecule has 1 unspecified atom stereocenters. The molecule has 2 aliphatic rings. The van der Waals surface area contributed by atoms with E-state index in [9.17, 15) is 22.4 Å². The van der Waals surface area contributed by atoms with E-state index in [1.54, 1.807) is 27.7 Å². The van der Waals surface area contributed by atoms with E-state index in [-0.39, 0.29) is 17.2 Å². The molecule has 1 N–H and O–H groups in total. The zero-order chi connectivity index (χ0) is 27.4. The predicted molar refractivity (Wildman–Crippen MR) is 136 cm³/mol. The number of aromatic nitrogens is 5. The van der Waals surface area contributed by atoms with Crippen molar-refractivity contribution in [2.75, 3.05) is 13.1 Å². The molecule has 11 heteroatoms. The number of hydrogen-bond donors (Lipinski definition) is 1. The van der Waals surface area contributed by atoms with Gasteiger partial charge in [0.1, 0.15) is 17.2 Å². The number of carbonyl (C=O) groups is 1. The Labute approximate surface area is 221 Å². The maximum atomic E-state index is 13.8. The van der Waals surface area contributed by atoms with Crippen LogP contribution in [-0.4, -0.2) is 43.9 Å². The average molecular weight is 537 g/mol. The molecule has 1 aliphatic carbocycles. The number of hydrogen-bond acceptors (Lipinski definition) is 5. The lowest BCUT2D eigenvalue weighted by Crippen LogP contribution is -2.48. The molecule has 0 radical (unpaired) electrons. The maximum Gasteiger partial charge on any atom is 0.416 e. The second kappa shape index (κ2) is 9.26. The van der Waals surface area contributed by atoms with Gasteiger partial charge in [-0.05, 0) is 74.9 Å². The molecule has 1 aromatic carbocycles. The summed E-state index contributed by atoms with van der Waals surface area (Å²) < 4.78 is 58.8. The number of aldehydes is 1. The first-order valence-electron chi connectivity index (χ1n) is 12.6.